The highest BCUT2D eigenvalue weighted by molar-refractivity contribution is 6.04. The molecule has 0 aliphatic carbocycles. The zero-order valence-corrected chi connectivity index (χ0v) is 13.6. The van der Waals surface area contributed by atoms with Gasteiger partial charge in [-0.1, -0.05) is 24.0 Å². The van der Waals surface area contributed by atoms with Crippen molar-refractivity contribution in [3.05, 3.63) is 78.4 Å². The minimum absolute atomic E-state index is 0.176. The van der Waals surface area contributed by atoms with Crippen molar-refractivity contribution in [1.82, 2.24) is 9.55 Å². The molecular formula is C20H18N4O. The Morgan fingerprint density at radius 1 is 1.20 bits per heavy atom. The highest BCUT2D eigenvalue weighted by Crippen LogP contribution is 2.16. The van der Waals surface area contributed by atoms with E-state index in [2.05, 4.69) is 22.1 Å². The number of amides is 1. The number of nitrogens with one attached hydrogen (secondary N) is 1. The van der Waals surface area contributed by atoms with Crippen molar-refractivity contribution in [2.75, 3.05) is 11.9 Å². The average Bonchev–Trinajstić information content (AvgIpc) is 3.17. The number of hydrogen-bond donors (Lipinski definition) is 2. The summed E-state index contributed by atoms with van der Waals surface area (Å²) in [5.41, 5.74) is 8.44. The van der Waals surface area contributed by atoms with Crippen LogP contribution in [0.3, 0.4) is 0 Å². The van der Waals surface area contributed by atoms with Gasteiger partial charge in [0.2, 0.25) is 0 Å². The molecule has 0 aliphatic rings. The van der Waals surface area contributed by atoms with Gasteiger partial charge in [0.05, 0.1) is 6.33 Å². The lowest BCUT2D eigenvalue weighted by molar-refractivity contribution is 0.102. The Morgan fingerprint density at radius 2 is 2.08 bits per heavy atom. The predicted molar refractivity (Wildman–Crippen MR) is 98.5 cm³/mol. The standard InChI is InChI=1S/C20H18N4O/c21-10-2-1-5-16-6-3-7-17(13-16)20(25)23-18-8-4-9-19(14-18)24-12-11-22-15-24/h3-4,6-9,11-15H,2,10,21H2,(H,23,25). The quantitative estimate of drug-likeness (QED) is 0.723. The molecule has 0 atom stereocenters. The molecule has 3 aromatic rings. The van der Waals surface area contributed by atoms with Crippen LogP contribution in [-0.4, -0.2) is 22.0 Å². The van der Waals surface area contributed by atoms with Crippen molar-refractivity contribution < 1.29 is 4.79 Å². The molecule has 0 saturated carbocycles. The predicted octanol–water partition coefficient (Wildman–Crippen LogP) is 2.82. The van der Waals surface area contributed by atoms with Crippen LogP contribution < -0.4 is 11.1 Å². The highest BCUT2D eigenvalue weighted by Gasteiger charge is 2.07. The van der Waals surface area contributed by atoms with E-state index in [9.17, 15) is 4.79 Å². The summed E-state index contributed by atoms with van der Waals surface area (Å²) < 4.78 is 1.88. The summed E-state index contributed by atoms with van der Waals surface area (Å²) in [6.07, 6.45) is 5.91. The number of benzene rings is 2. The fourth-order valence-electron chi connectivity index (χ4n) is 2.33. The lowest BCUT2D eigenvalue weighted by Gasteiger charge is -2.08. The van der Waals surface area contributed by atoms with Crippen molar-refractivity contribution in [1.29, 1.82) is 0 Å². The van der Waals surface area contributed by atoms with Crippen LogP contribution in [0.15, 0.2) is 67.3 Å². The largest absolute Gasteiger partial charge is 0.330 e. The molecule has 5 heteroatoms. The van der Waals surface area contributed by atoms with Gasteiger partial charge in [-0.25, -0.2) is 4.98 Å². The van der Waals surface area contributed by atoms with E-state index >= 15 is 0 Å². The number of hydrogen-bond acceptors (Lipinski definition) is 3. The van der Waals surface area contributed by atoms with E-state index in [0.29, 0.717) is 18.5 Å². The van der Waals surface area contributed by atoms with E-state index in [-0.39, 0.29) is 5.91 Å². The van der Waals surface area contributed by atoms with Gasteiger partial charge in [-0.2, -0.15) is 0 Å². The normalized spacial score (nSPS) is 9.96. The maximum atomic E-state index is 12.5. The van der Waals surface area contributed by atoms with Crippen LogP contribution >= 0.6 is 0 Å². The van der Waals surface area contributed by atoms with E-state index in [1.807, 2.05) is 47.2 Å². The van der Waals surface area contributed by atoms with Crippen LogP contribution in [0.25, 0.3) is 5.69 Å². The molecule has 5 nitrogen and oxygen atoms in total. The number of nitrogens with two attached hydrogens (primary N) is 1. The zero-order chi connectivity index (χ0) is 17.5. The molecule has 1 aromatic heterocycles. The van der Waals surface area contributed by atoms with Crippen LogP contribution in [0.4, 0.5) is 5.69 Å². The summed E-state index contributed by atoms with van der Waals surface area (Å²) in [6.45, 7) is 0.528. The third-order valence-corrected chi connectivity index (χ3v) is 3.53. The molecule has 2 aromatic carbocycles. The van der Waals surface area contributed by atoms with E-state index in [0.717, 1.165) is 16.9 Å². The summed E-state index contributed by atoms with van der Waals surface area (Å²) in [5, 5.41) is 2.91. The Hall–Kier alpha value is -3.36. The first-order valence-electron chi connectivity index (χ1n) is 7.95. The minimum Gasteiger partial charge on any atom is -0.330 e. The number of rotatable bonds is 4. The average molecular weight is 330 g/mol. The van der Waals surface area contributed by atoms with Crippen LogP contribution in [0.5, 0.6) is 0 Å². The third-order valence-electron chi connectivity index (χ3n) is 3.53. The van der Waals surface area contributed by atoms with Crippen molar-refractivity contribution in [3.8, 4) is 17.5 Å². The zero-order valence-electron chi connectivity index (χ0n) is 13.6. The lowest BCUT2D eigenvalue weighted by Crippen LogP contribution is -2.12. The third kappa shape index (κ3) is 4.34. The Balaban J connectivity index is 1.76. The fraction of sp³-hybridized carbons (Fsp3) is 0.100. The van der Waals surface area contributed by atoms with Crippen molar-refractivity contribution in [2.45, 2.75) is 6.42 Å². The molecule has 124 valence electrons. The Kier molecular flexibility index (Phi) is 5.25. The first-order valence-corrected chi connectivity index (χ1v) is 7.95. The number of carbonyl (C=O) groups is 1. The molecule has 25 heavy (non-hydrogen) atoms. The second kappa shape index (κ2) is 7.95. The van der Waals surface area contributed by atoms with Gasteiger partial charge in [-0.05, 0) is 36.4 Å². The lowest BCUT2D eigenvalue weighted by atomic mass is 10.1. The molecule has 1 amide bonds. The number of nitrogens with zero attached hydrogens (tertiary/aromatic N) is 2. The molecule has 3 N–H and O–H groups in total. The summed E-state index contributed by atoms with van der Waals surface area (Å²) in [6, 6.07) is 14.8. The Morgan fingerprint density at radius 3 is 2.88 bits per heavy atom. The van der Waals surface area contributed by atoms with E-state index in [1.54, 1.807) is 24.7 Å². The number of carbonyl (C=O) groups excluding carboxylic acids is 1. The van der Waals surface area contributed by atoms with Gasteiger partial charge in [0.15, 0.2) is 0 Å². The highest BCUT2D eigenvalue weighted by atomic mass is 16.1. The summed E-state index contributed by atoms with van der Waals surface area (Å²) >= 11 is 0. The van der Waals surface area contributed by atoms with E-state index < -0.39 is 0 Å². The smallest absolute Gasteiger partial charge is 0.255 e. The molecule has 0 fully saturated rings. The first-order chi connectivity index (χ1) is 12.3. The van der Waals surface area contributed by atoms with Gasteiger partial charge in [-0.3, -0.25) is 4.79 Å². The molecule has 0 saturated heterocycles. The number of anilines is 1. The Bertz CT molecular complexity index is 920. The summed E-state index contributed by atoms with van der Waals surface area (Å²) in [7, 11) is 0. The molecule has 0 bridgehead atoms. The first kappa shape index (κ1) is 16.5. The molecule has 0 radical (unpaired) electrons. The van der Waals surface area contributed by atoms with Crippen molar-refractivity contribution in [2.24, 2.45) is 5.73 Å². The maximum absolute atomic E-state index is 12.5. The SMILES string of the molecule is NCCC#Cc1cccc(C(=O)Nc2cccc(-n3ccnc3)c2)c1. The monoisotopic (exact) mass is 330 g/mol. The second-order valence-electron chi connectivity index (χ2n) is 5.40. The fourth-order valence-corrected chi connectivity index (χ4v) is 2.33. The van der Waals surface area contributed by atoms with Crippen LogP contribution in [-0.2, 0) is 0 Å². The second-order valence-corrected chi connectivity index (χ2v) is 5.40. The molecule has 3 rings (SSSR count). The van der Waals surface area contributed by atoms with Gasteiger partial charge in [0, 0.05) is 47.9 Å². The van der Waals surface area contributed by atoms with Crippen molar-refractivity contribution >= 4 is 11.6 Å². The van der Waals surface area contributed by atoms with E-state index in [4.69, 9.17) is 5.73 Å². The maximum Gasteiger partial charge on any atom is 0.255 e. The van der Waals surface area contributed by atoms with Gasteiger partial charge >= 0.3 is 0 Å². The number of imidazole rings is 1. The minimum atomic E-state index is -0.176. The summed E-state index contributed by atoms with van der Waals surface area (Å²) in [5.74, 6) is 5.81. The van der Waals surface area contributed by atoms with Crippen LogP contribution in [0, 0.1) is 11.8 Å². The van der Waals surface area contributed by atoms with Gasteiger partial charge in [0.1, 0.15) is 0 Å². The number of aromatic nitrogens is 2. The molecular weight excluding hydrogens is 312 g/mol. The molecule has 0 spiro atoms. The van der Waals surface area contributed by atoms with Crippen LogP contribution in [0.1, 0.15) is 22.3 Å². The molecule has 1 heterocycles. The van der Waals surface area contributed by atoms with Crippen molar-refractivity contribution in [3.63, 3.8) is 0 Å². The van der Waals surface area contributed by atoms with Gasteiger partial charge in [0.25, 0.3) is 5.91 Å². The Labute approximate surface area is 146 Å². The molecule has 0 aliphatic heterocycles. The molecule has 0 unspecified atom stereocenters. The van der Waals surface area contributed by atoms with Crippen LogP contribution in [0.2, 0.25) is 0 Å². The summed E-state index contributed by atoms with van der Waals surface area (Å²) in [4.78, 5) is 16.5. The van der Waals surface area contributed by atoms with Gasteiger partial charge in [-0.15, -0.1) is 0 Å². The van der Waals surface area contributed by atoms with E-state index in [1.165, 1.54) is 0 Å². The van der Waals surface area contributed by atoms with Gasteiger partial charge < -0.3 is 15.6 Å². The topological polar surface area (TPSA) is 72.9 Å².